The first-order valence-electron chi connectivity index (χ1n) is 14.9. The number of nitrogens with two attached hydrogens (primary N) is 1. The molecule has 2 aliphatic heterocycles. The minimum Gasteiger partial charge on any atom is -0.345 e. The third-order valence-electron chi connectivity index (χ3n) is 10.3. The first-order valence-corrected chi connectivity index (χ1v) is 14.9. The summed E-state index contributed by atoms with van der Waals surface area (Å²) in [5, 5.41) is 2.44. The highest BCUT2D eigenvalue weighted by atomic mass is 16.2. The molecule has 2 aromatic rings. The van der Waals surface area contributed by atoms with Crippen LogP contribution in [0, 0.1) is 11.8 Å². The lowest BCUT2D eigenvalue weighted by molar-refractivity contribution is -0.640. The average molecular weight is 488 g/mol. The molecule has 1 spiro atoms. The molecule has 2 unspecified atom stereocenters. The van der Waals surface area contributed by atoms with Gasteiger partial charge in [0.1, 0.15) is 5.92 Å². The zero-order valence-corrected chi connectivity index (χ0v) is 22.2. The molecule has 2 saturated heterocycles. The molecule has 6 rings (SSSR count). The van der Waals surface area contributed by atoms with E-state index in [0.717, 1.165) is 51.7 Å². The average Bonchev–Trinajstić information content (AvgIpc) is 3.37. The highest BCUT2D eigenvalue weighted by Crippen LogP contribution is 2.45. The number of amides is 1. The van der Waals surface area contributed by atoms with Gasteiger partial charge in [0.05, 0.1) is 18.5 Å². The number of H-pyrrole nitrogens is 1. The van der Waals surface area contributed by atoms with Crippen molar-refractivity contribution in [2.24, 2.45) is 11.8 Å². The molecule has 4 nitrogen and oxygen atoms in total. The van der Waals surface area contributed by atoms with E-state index in [1.54, 1.807) is 0 Å². The third kappa shape index (κ3) is 4.30. The SMILES string of the molecule is CCc1ccc2c([nH+]1)CCCC21C[NH2+]CC1C(=O)N1CC[C@@H](c2ccccc2)C[C@H]1C1CCCCC1. The fourth-order valence-corrected chi connectivity index (χ4v) is 8.42. The highest BCUT2D eigenvalue weighted by molar-refractivity contribution is 5.82. The molecule has 2 aliphatic carbocycles. The Kier molecular flexibility index (Phi) is 6.90. The molecule has 1 amide bonds. The predicted molar refractivity (Wildman–Crippen MR) is 143 cm³/mol. The molecule has 4 aliphatic rings. The number of benzene rings is 1. The molecule has 36 heavy (non-hydrogen) atoms. The molecule has 0 bridgehead atoms. The Labute approximate surface area is 217 Å². The van der Waals surface area contributed by atoms with E-state index in [4.69, 9.17) is 0 Å². The molecule has 4 heteroatoms. The summed E-state index contributed by atoms with van der Waals surface area (Å²) < 4.78 is 0. The van der Waals surface area contributed by atoms with Crippen molar-refractivity contribution in [3.05, 3.63) is 65.0 Å². The van der Waals surface area contributed by atoms with Crippen LogP contribution in [0.5, 0.6) is 0 Å². The van der Waals surface area contributed by atoms with Gasteiger partial charge in [-0.15, -0.1) is 0 Å². The lowest BCUT2D eigenvalue weighted by atomic mass is 9.64. The third-order valence-corrected chi connectivity index (χ3v) is 10.3. The van der Waals surface area contributed by atoms with Crippen LogP contribution < -0.4 is 10.3 Å². The summed E-state index contributed by atoms with van der Waals surface area (Å²) in [6, 6.07) is 16.2. The molecule has 0 radical (unpaired) electrons. The fourth-order valence-electron chi connectivity index (χ4n) is 8.42. The van der Waals surface area contributed by atoms with Crippen molar-refractivity contribution in [1.29, 1.82) is 0 Å². The van der Waals surface area contributed by atoms with Crippen molar-refractivity contribution in [3.8, 4) is 0 Å². The van der Waals surface area contributed by atoms with Gasteiger partial charge in [-0.1, -0.05) is 56.5 Å². The molecule has 4 atom stereocenters. The van der Waals surface area contributed by atoms with Crippen molar-refractivity contribution < 1.29 is 15.1 Å². The first kappa shape index (κ1) is 24.2. The number of carbonyl (C=O) groups is 1. The van der Waals surface area contributed by atoms with E-state index in [0.29, 0.717) is 23.8 Å². The summed E-state index contributed by atoms with van der Waals surface area (Å²) in [4.78, 5) is 20.8. The van der Waals surface area contributed by atoms with Gasteiger partial charge in [0, 0.05) is 37.1 Å². The van der Waals surface area contributed by atoms with E-state index in [2.05, 4.69) is 64.6 Å². The number of carbonyl (C=O) groups excluding carboxylic acids is 1. The van der Waals surface area contributed by atoms with Gasteiger partial charge in [0.2, 0.25) is 5.91 Å². The number of aryl methyl sites for hydroxylation is 2. The molecule has 3 fully saturated rings. The number of piperidine rings is 1. The number of aromatic nitrogens is 1. The van der Waals surface area contributed by atoms with Crippen molar-refractivity contribution in [2.45, 2.75) is 94.9 Å². The van der Waals surface area contributed by atoms with Crippen molar-refractivity contribution in [2.75, 3.05) is 19.6 Å². The predicted octanol–water partition coefficient (Wildman–Crippen LogP) is 4.19. The van der Waals surface area contributed by atoms with Crippen molar-refractivity contribution in [1.82, 2.24) is 4.90 Å². The number of hydrogen-bond acceptors (Lipinski definition) is 1. The minimum absolute atomic E-state index is 0.000825. The number of fused-ring (bicyclic) bond motifs is 2. The monoisotopic (exact) mass is 487 g/mol. The second kappa shape index (κ2) is 10.3. The number of likely N-dealkylation sites (tertiary alicyclic amines) is 1. The molecule has 192 valence electrons. The number of quaternary nitrogens is 1. The second-order valence-corrected chi connectivity index (χ2v) is 12.1. The first-order chi connectivity index (χ1) is 17.7. The normalized spacial score (nSPS) is 30.9. The van der Waals surface area contributed by atoms with Gasteiger partial charge < -0.3 is 10.2 Å². The number of nitrogens with zero attached hydrogens (tertiary/aromatic N) is 1. The summed E-state index contributed by atoms with van der Waals surface area (Å²) >= 11 is 0. The van der Waals surface area contributed by atoms with Crippen LogP contribution in [-0.2, 0) is 23.1 Å². The fraction of sp³-hybridized carbons (Fsp3) is 0.625. The summed E-state index contributed by atoms with van der Waals surface area (Å²) in [5.74, 6) is 1.84. The number of hydrogen-bond donors (Lipinski definition) is 1. The molecule has 3 heterocycles. The van der Waals surface area contributed by atoms with Gasteiger partial charge in [-0.05, 0) is 62.0 Å². The van der Waals surface area contributed by atoms with Crippen molar-refractivity contribution in [3.63, 3.8) is 0 Å². The molecular weight excluding hydrogens is 442 g/mol. The van der Waals surface area contributed by atoms with E-state index in [-0.39, 0.29) is 11.3 Å². The van der Waals surface area contributed by atoms with Crippen LogP contribution in [0.1, 0.15) is 93.1 Å². The van der Waals surface area contributed by atoms with Crippen LogP contribution in [0.25, 0.3) is 0 Å². The van der Waals surface area contributed by atoms with Crippen LogP contribution in [0.2, 0.25) is 0 Å². The Morgan fingerprint density at radius 2 is 1.89 bits per heavy atom. The topological polar surface area (TPSA) is 51.1 Å². The quantitative estimate of drug-likeness (QED) is 0.691. The van der Waals surface area contributed by atoms with Crippen LogP contribution in [0.15, 0.2) is 42.5 Å². The number of pyridine rings is 1. The summed E-state index contributed by atoms with van der Waals surface area (Å²) in [7, 11) is 0. The Morgan fingerprint density at radius 1 is 1.06 bits per heavy atom. The molecule has 3 N–H and O–H groups in total. The number of nitrogens with one attached hydrogen (secondary N) is 1. The summed E-state index contributed by atoms with van der Waals surface area (Å²) in [6.07, 6.45) is 13.4. The van der Waals surface area contributed by atoms with Crippen LogP contribution in [-0.4, -0.2) is 36.5 Å². The van der Waals surface area contributed by atoms with E-state index < -0.39 is 0 Å². The van der Waals surface area contributed by atoms with Crippen LogP contribution in [0.4, 0.5) is 0 Å². The minimum atomic E-state index is 0.000825. The van der Waals surface area contributed by atoms with Gasteiger partial charge in [0.25, 0.3) is 0 Å². The van der Waals surface area contributed by atoms with Gasteiger partial charge in [0.15, 0.2) is 11.4 Å². The largest absolute Gasteiger partial charge is 0.345 e. The molecule has 1 aromatic heterocycles. The van der Waals surface area contributed by atoms with E-state index in [9.17, 15) is 4.79 Å². The zero-order chi connectivity index (χ0) is 24.5. The van der Waals surface area contributed by atoms with E-state index in [1.807, 2.05) is 0 Å². The lowest BCUT2D eigenvalue weighted by Gasteiger charge is -2.47. The van der Waals surface area contributed by atoms with Gasteiger partial charge in [-0.25, -0.2) is 4.98 Å². The number of aromatic amines is 1. The maximum Gasteiger partial charge on any atom is 0.232 e. The van der Waals surface area contributed by atoms with E-state index >= 15 is 0 Å². The smallest absolute Gasteiger partial charge is 0.232 e. The number of rotatable bonds is 4. The lowest BCUT2D eigenvalue weighted by Crippen LogP contribution is -2.82. The maximum absolute atomic E-state index is 14.6. The maximum atomic E-state index is 14.6. The van der Waals surface area contributed by atoms with Gasteiger partial charge in [-0.3, -0.25) is 4.79 Å². The van der Waals surface area contributed by atoms with Crippen LogP contribution >= 0.6 is 0 Å². The molecular formula is C32H45N3O+2. The Balaban J connectivity index is 1.30. The summed E-state index contributed by atoms with van der Waals surface area (Å²) in [6.45, 7) is 5.16. The van der Waals surface area contributed by atoms with Gasteiger partial charge >= 0.3 is 0 Å². The highest BCUT2D eigenvalue weighted by Gasteiger charge is 2.56. The van der Waals surface area contributed by atoms with E-state index in [1.165, 1.54) is 61.0 Å². The zero-order valence-electron chi connectivity index (χ0n) is 22.2. The Hall–Kier alpha value is -2.20. The molecule has 1 aromatic carbocycles. The van der Waals surface area contributed by atoms with Gasteiger partial charge in [-0.2, -0.15) is 0 Å². The Morgan fingerprint density at radius 3 is 2.69 bits per heavy atom. The standard InChI is InChI=1S/C32H43N3O/c1-2-26-15-16-27-29(34-26)14-9-18-32(27)22-33-21-28(32)31(36)35-19-17-25(23-10-5-3-6-11-23)20-30(35)24-12-7-4-8-13-24/h3,5-6,10-11,15-16,24-25,28,30,33H,2,4,7-9,12-14,17-22H2,1H3/p+2/t25-,28?,30+,32?/m1/s1. The second-order valence-electron chi connectivity index (χ2n) is 12.1. The molecule has 1 saturated carbocycles. The van der Waals surface area contributed by atoms with Crippen LogP contribution in [0.3, 0.4) is 0 Å². The Bertz CT molecular complexity index is 1060. The van der Waals surface area contributed by atoms with Crippen molar-refractivity contribution >= 4 is 5.91 Å². The summed E-state index contributed by atoms with van der Waals surface area (Å²) in [5.41, 5.74) is 5.64.